The third-order valence-corrected chi connectivity index (χ3v) is 8.99. The maximum atomic E-state index is 11.9. The van der Waals surface area contributed by atoms with Gasteiger partial charge >= 0.3 is 11.9 Å². The second kappa shape index (κ2) is 23.0. The van der Waals surface area contributed by atoms with Crippen molar-refractivity contribution >= 4 is 11.9 Å². The van der Waals surface area contributed by atoms with E-state index in [1.807, 2.05) is 86.6 Å². The van der Waals surface area contributed by atoms with Crippen molar-refractivity contribution in [2.24, 2.45) is 0 Å². The van der Waals surface area contributed by atoms with Crippen molar-refractivity contribution < 1.29 is 28.5 Å². The van der Waals surface area contributed by atoms with Crippen LogP contribution in [-0.2, 0) is 9.47 Å². The average Bonchev–Trinajstić information content (AvgIpc) is 3.17. The molecule has 272 valence electrons. The zero-order valence-corrected chi connectivity index (χ0v) is 30.7. The van der Waals surface area contributed by atoms with Gasteiger partial charge in [-0.2, -0.15) is 0 Å². The van der Waals surface area contributed by atoms with Crippen LogP contribution in [-0.4, -0.2) is 38.4 Å². The molecule has 6 nitrogen and oxygen atoms in total. The maximum Gasteiger partial charge on any atom is 0.338 e. The highest BCUT2D eigenvalue weighted by atomic mass is 16.5. The first kappa shape index (κ1) is 39.2. The first-order valence-corrected chi connectivity index (χ1v) is 19.1. The Bertz CT molecular complexity index is 1420. The predicted octanol–water partition coefficient (Wildman–Crippen LogP) is 11.9. The second-order valence-electron chi connectivity index (χ2n) is 12.9. The predicted molar refractivity (Wildman–Crippen MR) is 207 cm³/mol. The molecule has 0 N–H and O–H groups in total. The molecule has 0 unspecified atom stereocenters. The number of benzene rings is 4. The molecular weight excluding hydrogens is 636 g/mol. The third kappa shape index (κ3) is 14.3. The van der Waals surface area contributed by atoms with Crippen LogP contribution >= 0.6 is 0 Å². The number of hydrogen-bond acceptors (Lipinski definition) is 6. The van der Waals surface area contributed by atoms with Gasteiger partial charge in [-0.05, 0) is 97.5 Å². The van der Waals surface area contributed by atoms with Gasteiger partial charge in [-0.3, -0.25) is 0 Å². The minimum Gasteiger partial charge on any atom is -0.494 e. The Hall–Kier alpha value is -4.58. The summed E-state index contributed by atoms with van der Waals surface area (Å²) >= 11 is 0. The zero-order chi connectivity index (χ0) is 35.9. The van der Waals surface area contributed by atoms with Gasteiger partial charge < -0.3 is 18.9 Å². The van der Waals surface area contributed by atoms with E-state index in [2.05, 4.69) is 24.3 Å². The van der Waals surface area contributed by atoms with E-state index in [1.165, 1.54) is 70.6 Å². The summed E-state index contributed by atoms with van der Waals surface area (Å²) in [4.78, 5) is 23.7. The highest BCUT2D eigenvalue weighted by Gasteiger charge is 2.08. The van der Waals surface area contributed by atoms with Gasteiger partial charge in [0.05, 0.1) is 37.6 Å². The standard InChI is InChI=1S/C45H56O6/c1-3-48-44(46)40-22-18-36(19-23-40)38-26-30-42(31-27-38)50-34-16-14-12-10-8-6-5-7-9-11-13-15-17-35-51-43-32-28-39(29-33-43)37-20-24-41(25-21-37)45(47)49-4-2/h18-33H,3-17,34-35H2,1-2H3. The zero-order valence-electron chi connectivity index (χ0n) is 30.7. The largest absolute Gasteiger partial charge is 0.494 e. The van der Waals surface area contributed by atoms with Crippen LogP contribution in [0, 0.1) is 0 Å². The minimum absolute atomic E-state index is 0.287. The van der Waals surface area contributed by atoms with Crippen LogP contribution in [0.5, 0.6) is 11.5 Å². The molecule has 4 rings (SSSR count). The lowest BCUT2D eigenvalue weighted by Crippen LogP contribution is -2.03. The third-order valence-electron chi connectivity index (χ3n) is 8.99. The molecule has 4 aromatic rings. The molecule has 0 aromatic heterocycles. The van der Waals surface area contributed by atoms with Crippen molar-refractivity contribution in [3.63, 3.8) is 0 Å². The van der Waals surface area contributed by atoms with Crippen molar-refractivity contribution in [1.82, 2.24) is 0 Å². The number of unbranched alkanes of at least 4 members (excludes halogenated alkanes) is 12. The molecular formula is C45H56O6. The Kier molecular flexibility index (Phi) is 17.7. The van der Waals surface area contributed by atoms with Crippen molar-refractivity contribution in [3.8, 4) is 33.8 Å². The van der Waals surface area contributed by atoms with Crippen LogP contribution in [0.15, 0.2) is 97.1 Å². The van der Waals surface area contributed by atoms with Gasteiger partial charge in [-0.15, -0.1) is 0 Å². The summed E-state index contributed by atoms with van der Waals surface area (Å²) in [6, 6.07) is 31.3. The van der Waals surface area contributed by atoms with E-state index in [0.29, 0.717) is 24.3 Å². The van der Waals surface area contributed by atoms with Gasteiger partial charge in [0.25, 0.3) is 0 Å². The fourth-order valence-electron chi connectivity index (χ4n) is 6.04. The lowest BCUT2D eigenvalue weighted by molar-refractivity contribution is 0.0517. The first-order valence-electron chi connectivity index (χ1n) is 19.1. The van der Waals surface area contributed by atoms with E-state index < -0.39 is 0 Å². The molecule has 0 saturated heterocycles. The summed E-state index contributed by atoms with van der Waals surface area (Å²) in [6.45, 7) is 5.89. The molecule has 6 heteroatoms. The molecule has 0 aliphatic heterocycles. The lowest BCUT2D eigenvalue weighted by Gasteiger charge is -2.08. The quantitative estimate of drug-likeness (QED) is 0.0538. The van der Waals surface area contributed by atoms with E-state index in [4.69, 9.17) is 18.9 Å². The molecule has 51 heavy (non-hydrogen) atoms. The fourth-order valence-corrected chi connectivity index (χ4v) is 6.04. The number of hydrogen-bond donors (Lipinski definition) is 0. The molecule has 0 aliphatic rings. The highest BCUT2D eigenvalue weighted by molar-refractivity contribution is 5.90. The normalized spacial score (nSPS) is 10.9. The van der Waals surface area contributed by atoms with E-state index in [9.17, 15) is 9.59 Å². The maximum absolute atomic E-state index is 11.9. The average molecular weight is 693 g/mol. The summed E-state index contributed by atoms with van der Waals surface area (Å²) in [5, 5.41) is 0. The second-order valence-corrected chi connectivity index (χ2v) is 12.9. The molecule has 0 heterocycles. The van der Waals surface area contributed by atoms with E-state index in [-0.39, 0.29) is 11.9 Å². The van der Waals surface area contributed by atoms with E-state index in [0.717, 1.165) is 59.8 Å². The summed E-state index contributed by atoms with van der Waals surface area (Å²) in [5.74, 6) is 1.22. The summed E-state index contributed by atoms with van der Waals surface area (Å²) in [6.07, 6.45) is 16.5. The van der Waals surface area contributed by atoms with Crippen molar-refractivity contribution in [3.05, 3.63) is 108 Å². The molecule has 0 fully saturated rings. The van der Waals surface area contributed by atoms with Gasteiger partial charge in [-0.25, -0.2) is 9.59 Å². The minimum atomic E-state index is -0.287. The van der Waals surface area contributed by atoms with Crippen LogP contribution < -0.4 is 9.47 Å². The van der Waals surface area contributed by atoms with Crippen LogP contribution in [0.3, 0.4) is 0 Å². The number of esters is 2. The van der Waals surface area contributed by atoms with E-state index in [1.54, 1.807) is 0 Å². The molecule has 0 atom stereocenters. The van der Waals surface area contributed by atoms with Crippen molar-refractivity contribution in [2.45, 2.75) is 97.3 Å². The summed E-state index contributed by atoms with van der Waals surface area (Å²) in [5.41, 5.74) is 5.45. The summed E-state index contributed by atoms with van der Waals surface area (Å²) < 4.78 is 22.0. The Morgan fingerprint density at radius 2 is 0.627 bits per heavy atom. The fraction of sp³-hybridized carbons (Fsp3) is 0.422. The lowest BCUT2D eigenvalue weighted by atomic mass is 10.0. The number of ether oxygens (including phenoxy) is 4. The number of carbonyl (C=O) groups is 2. The van der Waals surface area contributed by atoms with Crippen molar-refractivity contribution in [1.29, 1.82) is 0 Å². The molecule has 0 radical (unpaired) electrons. The Balaban J connectivity index is 0.923. The Labute approximate surface area is 305 Å². The Morgan fingerprint density at radius 1 is 0.373 bits per heavy atom. The van der Waals surface area contributed by atoms with Crippen molar-refractivity contribution in [2.75, 3.05) is 26.4 Å². The molecule has 0 aliphatic carbocycles. The van der Waals surface area contributed by atoms with Gasteiger partial charge in [0.2, 0.25) is 0 Å². The molecule has 0 spiro atoms. The molecule has 0 bridgehead atoms. The molecule has 0 amide bonds. The monoisotopic (exact) mass is 692 g/mol. The molecule has 4 aromatic carbocycles. The highest BCUT2D eigenvalue weighted by Crippen LogP contribution is 2.25. The Morgan fingerprint density at radius 3 is 0.902 bits per heavy atom. The number of rotatable bonds is 24. The summed E-state index contributed by atoms with van der Waals surface area (Å²) in [7, 11) is 0. The smallest absolute Gasteiger partial charge is 0.338 e. The van der Waals surface area contributed by atoms with Crippen LogP contribution in [0.1, 0.15) is 118 Å². The number of carbonyl (C=O) groups excluding carboxylic acids is 2. The topological polar surface area (TPSA) is 71.1 Å². The molecule has 0 saturated carbocycles. The van der Waals surface area contributed by atoms with Gasteiger partial charge in [0.15, 0.2) is 0 Å². The van der Waals surface area contributed by atoms with Crippen LogP contribution in [0.4, 0.5) is 0 Å². The van der Waals surface area contributed by atoms with Crippen LogP contribution in [0.25, 0.3) is 22.3 Å². The van der Waals surface area contributed by atoms with Crippen LogP contribution in [0.2, 0.25) is 0 Å². The SMILES string of the molecule is CCOC(=O)c1ccc(-c2ccc(OCCCCCCCCCCCCCCCOc3ccc(-c4ccc(C(=O)OCC)cc4)cc3)cc2)cc1. The first-order chi connectivity index (χ1) is 25.1. The van der Waals surface area contributed by atoms with E-state index >= 15 is 0 Å². The van der Waals surface area contributed by atoms with Gasteiger partial charge in [-0.1, -0.05) is 119 Å². The van der Waals surface area contributed by atoms with Gasteiger partial charge in [0.1, 0.15) is 11.5 Å². The van der Waals surface area contributed by atoms with Gasteiger partial charge in [0, 0.05) is 0 Å².